The first-order chi connectivity index (χ1) is 13.1. The molecular weight excluding hydrogens is 378 g/mol. The number of carbonyl (C=O) groups is 1. The van der Waals surface area contributed by atoms with E-state index < -0.39 is 5.97 Å². The lowest BCUT2D eigenvalue weighted by molar-refractivity contribution is -0.139. The summed E-state index contributed by atoms with van der Waals surface area (Å²) in [5, 5.41) is 9.06. The van der Waals surface area contributed by atoms with Crippen molar-refractivity contribution < 1.29 is 19.4 Å². The third-order valence-electron chi connectivity index (χ3n) is 5.20. The van der Waals surface area contributed by atoms with Crippen molar-refractivity contribution in [1.29, 1.82) is 0 Å². The smallest absolute Gasteiger partial charge is 0.341 e. The van der Waals surface area contributed by atoms with Crippen LogP contribution in [0.2, 0.25) is 0 Å². The molecule has 0 bridgehead atoms. The van der Waals surface area contributed by atoms with Crippen LogP contribution in [0.1, 0.15) is 29.5 Å². The number of likely N-dealkylation sites (tertiary alicyclic amines) is 1. The monoisotopic (exact) mass is 401 g/mol. The average Bonchev–Trinajstić information content (AvgIpc) is 2.84. The fourth-order valence-electron chi connectivity index (χ4n) is 3.82. The van der Waals surface area contributed by atoms with E-state index in [-0.39, 0.29) is 19.0 Å². The van der Waals surface area contributed by atoms with Crippen molar-refractivity contribution in [2.75, 3.05) is 26.7 Å². The number of carboxylic acids is 1. The van der Waals surface area contributed by atoms with Crippen molar-refractivity contribution in [1.82, 2.24) is 4.90 Å². The molecule has 2 aromatic rings. The average molecular weight is 402 g/mol. The minimum Gasteiger partial charge on any atom is -0.488 e. The van der Waals surface area contributed by atoms with Gasteiger partial charge in [-0.1, -0.05) is 35.9 Å². The molecule has 0 aliphatic carbocycles. The van der Waals surface area contributed by atoms with E-state index in [1.165, 1.54) is 5.57 Å². The molecule has 5 nitrogen and oxygen atoms in total. The first-order valence-electron chi connectivity index (χ1n) is 9.23. The van der Waals surface area contributed by atoms with Crippen LogP contribution in [-0.4, -0.2) is 42.7 Å². The number of halogens is 1. The molecule has 4 rings (SSSR count). The predicted molar refractivity (Wildman–Crippen MR) is 110 cm³/mol. The quantitative estimate of drug-likeness (QED) is 0.842. The zero-order valence-electron chi connectivity index (χ0n) is 15.8. The Bertz CT molecular complexity index is 899. The van der Waals surface area contributed by atoms with Crippen LogP contribution in [0.4, 0.5) is 0 Å². The number of piperidine rings is 1. The molecule has 1 N–H and O–H groups in total. The van der Waals surface area contributed by atoms with Gasteiger partial charge in [0.05, 0.1) is 5.56 Å². The molecule has 0 amide bonds. The maximum atomic E-state index is 11.1. The topological polar surface area (TPSA) is 59.0 Å². The zero-order valence-corrected chi connectivity index (χ0v) is 16.6. The Kier molecular flexibility index (Phi) is 6.27. The van der Waals surface area contributed by atoms with Gasteiger partial charge in [0, 0.05) is 13.1 Å². The fourth-order valence-corrected chi connectivity index (χ4v) is 3.82. The van der Waals surface area contributed by atoms with Crippen molar-refractivity contribution in [3.8, 4) is 11.5 Å². The van der Waals surface area contributed by atoms with Crippen molar-refractivity contribution in [3.63, 3.8) is 0 Å². The van der Waals surface area contributed by atoms with Gasteiger partial charge in [0.1, 0.15) is 18.1 Å². The molecule has 2 heterocycles. The Labute approximate surface area is 171 Å². The minimum atomic E-state index is -0.990. The van der Waals surface area contributed by atoms with Crippen LogP contribution in [0.25, 0.3) is 5.57 Å². The van der Waals surface area contributed by atoms with Gasteiger partial charge in [-0.3, -0.25) is 0 Å². The number of hydrogen-bond acceptors (Lipinski definition) is 4. The summed E-state index contributed by atoms with van der Waals surface area (Å²) < 4.78 is 11.7. The molecule has 0 radical (unpaired) electrons. The summed E-state index contributed by atoms with van der Waals surface area (Å²) in [5.41, 5.74) is 5.69. The Morgan fingerprint density at radius 3 is 2.64 bits per heavy atom. The van der Waals surface area contributed by atoms with E-state index in [1.807, 2.05) is 30.3 Å². The molecule has 0 atom stereocenters. The second kappa shape index (κ2) is 8.67. The molecule has 2 aromatic carbocycles. The van der Waals surface area contributed by atoms with Gasteiger partial charge in [-0.25, -0.2) is 4.79 Å². The van der Waals surface area contributed by atoms with Crippen molar-refractivity contribution in [2.45, 2.75) is 19.4 Å². The number of ether oxygens (including phenoxy) is 2. The number of carboxylic acid groups (broad SMARTS) is 1. The van der Waals surface area contributed by atoms with Crippen LogP contribution in [0.3, 0.4) is 0 Å². The van der Waals surface area contributed by atoms with Gasteiger partial charge in [0.25, 0.3) is 0 Å². The van der Waals surface area contributed by atoms with Gasteiger partial charge in [-0.2, -0.15) is 0 Å². The number of aliphatic carboxylic acids is 1. The van der Waals surface area contributed by atoms with E-state index in [4.69, 9.17) is 14.6 Å². The van der Waals surface area contributed by atoms with Gasteiger partial charge < -0.3 is 19.5 Å². The Morgan fingerprint density at radius 2 is 1.89 bits per heavy atom. The van der Waals surface area contributed by atoms with Crippen LogP contribution in [-0.2, 0) is 11.4 Å². The van der Waals surface area contributed by atoms with E-state index in [1.54, 1.807) is 0 Å². The minimum absolute atomic E-state index is 0. The van der Waals surface area contributed by atoms with E-state index in [0.29, 0.717) is 12.4 Å². The van der Waals surface area contributed by atoms with E-state index >= 15 is 0 Å². The van der Waals surface area contributed by atoms with Crippen LogP contribution in [0.5, 0.6) is 11.5 Å². The number of rotatable bonds is 3. The third-order valence-corrected chi connectivity index (χ3v) is 5.20. The maximum Gasteiger partial charge on any atom is 0.341 e. The van der Waals surface area contributed by atoms with Crippen molar-refractivity contribution >= 4 is 23.9 Å². The van der Waals surface area contributed by atoms with Gasteiger partial charge in [0.2, 0.25) is 0 Å². The van der Waals surface area contributed by atoms with Gasteiger partial charge in [0.15, 0.2) is 6.61 Å². The van der Waals surface area contributed by atoms with Crippen LogP contribution in [0, 0.1) is 0 Å². The summed E-state index contributed by atoms with van der Waals surface area (Å²) in [6.07, 6.45) is 1.96. The third kappa shape index (κ3) is 4.01. The van der Waals surface area contributed by atoms with Crippen molar-refractivity contribution in [3.05, 3.63) is 64.7 Å². The standard InChI is InChI=1S/C22H23NO4.ClH/c1-23-11-9-15(10-12-23)21-17-6-3-2-5-16(17)13-26-18-7-4-8-19(22(18)21)27-14-20(24)25;/h2-8H,9-14H2,1H3,(H,24,25);1H. The second-order valence-electron chi connectivity index (χ2n) is 7.04. The van der Waals surface area contributed by atoms with Crippen molar-refractivity contribution in [2.24, 2.45) is 0 Å². The normalized spacial score (nSPS) is 16.2. The molecule has 0 saturated carbocycles. The zero-order chi connectivity index (χ0) is 18.8. The van der Waals surface area contributed by atoms with Crippen LogP contribution >= 0.6 is 12.4 Å². The number of benzene rings is 2. The van der Waals surface area contributed by atoms with Gasteiger partial charge in [-0.15, -0.1) is 12.4 Å². The molecule has 2 aliphatic heterocycles. The fraction of sp³-hybridized carbons (Fsp3) is 0.318. The summed E-state index contributed by atoms with van der Waals surface area (Å²) in [7, 11) is 2.14. The molecule has 0 unspecified atom stereocenters. The Balaban J connectivity index is 0.00000225. The molecule has 1 fully saturated rings. The Hall–Kier alpha value is -2.50. The lowest BCUT2D eigenvalue weighted by atomic mass is 9.86. The Morgan fingerprint density at radius 1 is 1.14 bits per heavy atom. The summed E-state index contributed by atoms with van der Waals surface area (Å²) >= 11 is 0. The molecule has 28 heavy (non-hydrogen) atoms. The summed E-state index contributed by atoms with van der Waals surface area (Å²) in [6.45, 7) is 2.14. The van der Waals surface area contributed by atoms with Crippen LogP contribution < -0.4 is 9.47 Å². The van der Waals surface area contributed by atoms with E-state index in [0.717, 1.165) is 53.9 Å². The number of fused-ring (bicyclic) bond motifs is 2. The molecular formula is C22H24ClNO4. The SMILES string of the molecule is CN1CCC(=C2c3ccccc3COc3cccc(OCC(=O)O)c32)CC1.Cl. The first kappa shape index (κ1) is 20.2. The molecule has 2 aliphatic rings. The highest BCUT2D eigenvalue weighted by molar-refractivity contribution is 5.90. The molecule has 6 heteroatoms. The molecule has 148 valence electrons. The van der Waals surface area contributed by atoms with Gasteiger partial charge in [-0.05, 0) is 48.7 Å². The molecule has 0 aromatic heterocycles. The number of hydrogen-bond donors (Lipinski definition) is 1. The number of nitrogens with zero attached hydrogens (tertiary/aromatic N) is 1. The molecule has 1 saturated heterocycles. The summed E-state index contributed by atoms with van der Waals surface area (Å²) in [5.74, 6) is 0.319. The largest absolute Gasteiger partial charge is 0.488 e. The maximum absolute atomic E-state index is 11.1. The van der Waals surface area contributed by atoms with E-state index in [2.05, 4.69) is 24.1 Å². The van der Waals surface area contributed by atoms with E-state index in [9.17, 15) is 4.79 Å². The lowest BCUT2D eigenvalue weighted by Gasteiger charge is -2.27. The highest BCUT2D eigenvalue weighted by Crippen LogP contribution is 2.45. The van der Waals surface area contributed by atoms with Crippen LogP contribution in [0.15, 0.2) is 48.0 Å². The second-order valence-corrected chi connectivity index (χ2v) is 7.04. The highest BCUT2D eigenvalue weighted by Gasteiger charge is 2.27. The summed E-state index contributed by atoms with van der Waals surface area (Å²) in [4.78, 5) is 13.4. The summed E-state index contributed by atoms with van der Waals surface area (Å²) in [6, 6.07) is 13.9. The predicted octanol–water partition coefficient (Wildman–Crippen LogP) is 3.99. The van der Waals surface area contributed by atoms with Gasteiger partial charge >= 0.3 is 5.97 Å². The highest BCUT2D eigenvalue weighted by atomic mass is 35.5. The first-order valence-corrected chi connectivity index (χ1v) is 9.23. The lowest BCUT2D eigenvalue weighted by Crippen LogP contribution is -2.27. The molecule has 0 spiro atoms.